The number of carbonyl (C=O) groups is 1. The fourth-order valence-corrected chi connectivity index (χ4v) is 2.24. The van der Waals surface area contributed by atoms with Crippen LogP contribution in [-0.2, 0) is 6.42 Å². The van der Waals surface area contributed by atoms with Gasteiger partial charge < -0.3 is 5.73 Å². The zero-order valence-electron chi connectivity index (χ0n) is 13.8. The second-order valence-corrected chi connectivity index (χ2v) is 5.24. The summed E-state index contributed by atoms with van der Waals surface area (Å²) in [7, 11) is 0. The molecule has 0 aliphatic heterocycles. The first-order valence-electron chi connectivity index (χ1n) is 7.72. The van der Waals surface area contributed by atoms with Crippen molar-refractivity contribution in [3.8, 4) is 5.82 Å². The molecule has 1 aromatic carbocycles. The Kier molecular flexibility index (Phi) is 4.97. The first-order valence-corrected chi connectivity index (χ1v) is 7.72. The monoisotopic (exact) mass is 358 g/mol. The molecule has 3 rings (SSSR count). The fourth-order valence-electron chi connectivity index (χ4n) is 2.24. The van der Waals surface area contributed by atoms with Gasteiger partial charge in [0.1, 0.15) is 5.82 Å². The Hall–Kier alpha value is -3.63. The number of rotatable bonds is 6. The van der Waals surface area contributed by atoms with Gasteiger partial charge in [-0.25, -0.2) is 14.4 Å². The molecule has 3 N–H and O–H groups in total. The predicted molar refractivity (Wildman–Crippen MR) is 89.1 cm³/mol. The van der Waals surface area contributed by atoms with Crippen LogP contribution in [0, 0.1) is 5.82 Å². The molecular weight excluding hydrogens is 343 g/mol. The predicted octanol–water partition coefficient (Wildman–Crippen LogP) is 1.09. The second kappa shape index (κ2) is 7.51. The van der Waals surface area contributed by atoms with E-state index in [9.17, 15) is 9.18 Å². The molecule has 0 spiro atoms. The van der Waals surface area contributed by atoms with Crippen LogP contribution in [0.25, 0.3) is 5.82 Å². The molecule has 0 aliphatic rings. The third-order valence-electron chi connectivity index (χ3n) is 3.44. The number of hydrogen-bond donors (Lipinski definition) is 2. The number of nitrogens with two attached hydrogens (primary N) is 1. The van der Waals surface area contributed by atoms with Gasteiger partial charge >= 0.3 is 0 Å². The third-order valence-corrected chi connectivity index (χ3v) is 3.44. The lowest BCUT2D eigenvalue weighted by atomic mass is 10.2. The van der Waals surface area contributed by atoms with Crippen LogP contribution in [0.1, 0.15) is 35.1 Å². The molecule has 0 aliphatic carbocycles. The zero-order valence-corrected chi connectivity index (χ0v) is 13.8. The Labute approximate surface area is 146 Å². The van der Waals surface area contributed by atoms with Gasteiger partial charge in [0.25, 0.3) is 5.91 Å². The van der Waals surface area contributed by atoms with Gasteiger partial charge in [-0.05, 0) is 22.8 Å². The van der Waals surface area contributed by atoms with Crippen molar-refractivity contribution < 1.29 is 13.8 Å². The molecule has 134 valence electrons. The highest BCUT2D eigenvalue weighted by atomic mass is 19.1. The van der Waals surface area contributed by atoms with E-state index in [-0.39, 0.29) is 22.9 Å². The minimum absolute atomic E-state index is 0.0248. The number of nitrogens with one attached hydrogen (secondary N) is 1. The Morgan fingerprint density at radius 3 is 2.92 bits per heavy atom. The van der Waals surface area contributed by atoms with Crippen LogP contribution in [0.5, 0.6) is 0 Å². The lowest BCUT2D eigenvalue weighted by Crippen LogP contribution is -2.20. The standard InChI is InChI=1S/C15H15FN8O2/c1-2-5-11-12(19-23-24(11)14-13(17)21-26-22-14)15(25)20-18-8-9-6-3-4-7-10(9)16/h3-4,6-8H,2,5H2,1H3,(H2,17,21)(H,20,25)/b18-8+. The van der Waals surface area contributed by atoms with Gasteiger partial charge in [0, 0.05) is 5.56 Å². The zero-order chi connectivity index (χ0) is 18.5. The van der Waals surface area contributed by atoms with Crippen molar-refractivity contribution in [2.24, 2.45) is 5.10 Å². The maximum atomic E-state index is 13.5. The van der Waals surface area contributed by atoms with Crippen molar-refractivity contribution in [1.29, 1.82) is 0 Å². The van der Waals surface area contributed by atoms with Gasteiger partial charge in [-0.3, -0.25) is 4.79 Å². The molecule has 2 heterocycles. The number of benzene rings is 1. The number of halogens is 1. The smallest absolute Gasteiger partial charge is 0.293 e. The fraction of sp³-hybridized carbons (Fsp3) is 0.200. The second-order valence-electron chi connectivity index (χ2n) is 5.24. The van der Waals surface area contributed by atoms with Gasteiger partial charge in [-0.2, -0.15) is 9.78 Å². The summed E-state index contributed by atoms with van der Waals surface area (Å²) in [5.41, 5.74) is 8.75. The van der Waals surface area contributed by atoms with Crippen LogP contribution < -0.4 is 11.2 Å². The quantitative estimate of drug-likeness (QED) is 0.497. The van der Waals surface area contributed by atoms with Crippen LogP contribution in [0.3, 0.4) is 0 Å². The Bertz CT molecular complexity index is 949. The maximum absolute atomic E-state index is 13.5. The molecule has 2 aromatic heterocycles. The van der Waals surface area contributed by atoms with Crippen molar-refractivity contribution in [2.75, 3.05) is 5.73 Å². The van der Waals surface area contributed by atoms with Crippen molar-refractivity contribution in [3.05, 3.63) is 47.0 Å². The summed E-state index contributed by atoms with van der Waals surface area (Å²) in [6.45, 7) is 1.93. The highest BCUT2D eigenvalue weighted by molar-refractivity contribution is 5.94. The lowest BCUT2D eigenvalue weighted by Gasteiger charge is -2.03. The normalized spacial score (nSPS) is 11.2. The summed E-state index contributed by atoms with van der Waals surface area (Å²) in [6.07, 6.45) is 2.41. The summed E-state index contributed by atoms with van der Waals surface area (Å²) in [5, 5.41) is 18.7. The molecule has 11 heteroatoms. The summed E-state index contributed by atoms with van der Waals surface area (Å²) < 4.78 is 19.4. The number of amides is 1. The largest absolute Gasteiger partial charge is 0.378 e. The van der Waals surface area contributed by atoms with Gasteiger partial charge in [0.2, 0.25) is 11.6 Å². The summed E-state index contributed by atoms with van der Waals surface area (Å²) in [4.78, 5) is 12.4. The minimum atomic E-state index is -0.595. The van der Waals surface area contributed by atoms with Crippen molar-refractivity contribution >= 4 is 17.9 Å². The van der Waals surface area contributed by atoms with Gasteiger partial charge in [0.05, 0.1) is 11.9 Å². The molecule has 0 radical (unpaired) electrons. The molecule has 0 bridgehead atoms. The van der Waals surface area contributed by atoms with Crippen LogP contribution in [0.4, 0.5) is 10.2 Å². The van der Waals surface area contributed by atoms with Gasteiger partial charge in [0.15, 0.2) is 5.69 Å². The first kappa shape index (κ1) is 17.2. The Balaban J connectivity index is 1.82. The van der Waals surface area contributed by atoms with Crippen LogP contribution >= 0.6 is 0 Å². The Morgan fingerprint density at radius 2 is 2.23 bits per heavy atom. The van der Waals surface area contributed by atoms with E-state index in [1.807, 2.05) is 6.92 Å². The van der Waals surface area contributed by atoms with Crippen molar-refractivity contribution in [1.82, 2.24) is 30.7 Å². The molecule has 3 aromatic rings. The number of hydrazone groups is 1. The number of nitrogens with zero attached hydrogens (tertiary/aromatic N) is 6. The lowest BCUT2D eigenvalue weighted by molar-refractivity contribution is 0.0949. The summed E-state index contributed by atoms with van der Waals surface area (Å²) in [6, 6.07) is 6.05. The van der Waals surface area contributed by atoms with E-state index in [1.54, 1.807) is 12.1 Å². The van der Waals surface area contributed by atoms with Gasteiger partial charge in [-0.15, -0.1) is 5.10 Å². The van der Waals surface area contributed by atoms with E-state index in [0.717, 1.165) is 6.42 Å². The average Bonchev–Trinajstić information content (AvgIpc) is 3.23. The maximum Gasteiger partial charge on any atom is 0.293 e. The van der Waals surface area contributed by atoms with E-state index in [2.05, 4.69) is 35.8 Å². The third kappa shape index (κ3) is 3.41. The molecule has 0 saturated carbocycles. The van der Waals surface area contributed by atoms with E-state index < -0.39 is 11.7 Å². The molecule has 26 heavy (non-hydrogen) atoms. The molecule has 0 atom stereocenters. The first-order chi connectivity index (χ1) is 12.6. The number of carbonyl (C=O) groups excluding carboxylic acids is 1. The van der Waals surface area contributed by atoms with Crippen LogP contribution in [0.15, 0.2) is 34.0 Å². The summed E-state index contributed by atoms with van der Waals surface area (Å²) >= 11 is 0. The molecule has 1 amide bonds. The number of anilines is 1. The SMILES string of the molecule is CCCc1c(C(=O)N/N=C/c2ccccc2F)nnn1-c1nonc1N. The highest BCUT2D eigenvalue weighted by Gasteiger charge is 2.23. The molecule has 0 fully saturated rings. The van der Waals surface area contributed by atoms with E-state index >= 15 is 0 Å². The Morgan fingerprint density at radius 1 is 1.42 bits per heavy atom. The molecular formula is C15H15FN8O2. The molecule has 0 unspecified atom stereocenters. The van der Waals surface area contributed by atoms with Crippen molar-refractivity contribution in [2.45, 2.75) is 19.8 Å². The van der Waals surface area contributed by atoms with E-state index in [1.165, 1.54) is 23.0 Å². The van der Waals surface area contributed by atoms with Crippen LogP contribution in [-0.4, -0.2) is 37.4 Å². The molecule has 0 saturated heterocycles. The number of hydrogen-bond acceptors (Lipinski definition) is 8. The van der Waals surface area contributed by atoms with E-state index in [4.69, 9.17) is 5.73 Å². The van der Waals surface area contributed by atoms with Crippen LogP contribution in [0.2, 0.25) is 0 Å². The molecule has 10 nitrogen and oxygen atoms in total. The number of aromatic nitrogens is 5. The van der Waals surface area contributed by atoms with Crippen molar-refractivity contribution in [3.63, 3.8) is 0 Å². The average molecular weight is 358 g/mol. The summed E-state index contributed by atoms with van der Waals surface area (Å²) in [5.74, 6) is -0.869. The number of nitrogen functional groups attached to an aromatic ring is 1. The van der Waals surface area contributed by atoms with Gasteiger partial charge in [-0.1, -0.05) is 36.8 Å². The highest BCUT2D eigenvalue weighted by Crippen LogP contribution is 2.17. The minimum Gasteiger partial charge on any atom is -0.378 e. The topological polar surface area (TPSA) is 137 Å². The van der Waals surface area contributed by atoms with E-state index in [0.29, 0.717) is 12.1 Å².